The van der Waals surface area contributed by atoms with Crippen molar-refractivity contribution in [2.24, 2.45) is 0 Å². The Kier molecular flexibility index (Phi) is 6.03. The average molecular weight is 682 g/mol. The predicted octanol–water partition coefficient (Wildman–Crippen LogP) is 14.3. The second-order valence-corrected chi connectivity index (χ2v) is 16.2. The maximum absolute atomic E-state index is 6.72. The summed E-state index contributed by atoms with van der Waals surface area (Å²) >= 11 is 0. The Bertz CT molecular complexity index is 3030. The first-order valence-electron chi connectivity index (χ1n) is 18.8. The molecule has 2 aliphatic rings. The Morgan fingerprint density at radius 3 is 1.85 bits per heavy atom. The van der Waals surface area contributed by atoms with Crippen LogP contribution in [0.25, 0.3) is 65.7 Å². The standard InChI is InChI=1S/C51H39NO/c1-30-14-12-16-32(26-30)52(44-22-13-21-37-35-19-10-11-23-46(35)53-49(37)44)45-29-43-48(36-20-9-8-18-34(36)45)39-28-41-38(27-42(39)51(43,4)5)47-33-17-7-6-15-31(33)24-25-40(47)50(41,2)3/h6-29H,1-5H3. The number of rotatable bonds is 3. The molecule has 0 fully saturated rings. The number of hydrogen-bond donors (Lipinski definition) is 0. The van der Waals surface area contributed by atoms with Crippen LogP contribution in [0.2, 0.25) is 0 Å². The van der Waals surface area contributed by atoms with Crippen molar-refractivity contribution in [1.29, 1.82) is 0 Å². The van der Waals surface area contributed by atoms with Crippen molar-refractivity contribution in [1.82, 2.24) is 0 Å². The van der Waals surface area contributed by atoms with E-state index in [2.05, 4.69) is 185 Å². The summed E-state index contributed by atoms with van der Waals surface area (Å²) in [4.78, 5) is 2.44. The van der Waals surface area contributed by atoms with Gasteiger partial charge >= 0.3 is 0 Å². The summed E-state index contributed by atoms with van der Waals surface area (Å²) in [5, 5.41) is 7.39. The van der Waals surface area contributed by atoms with E-state index in [0.717, 1.165) is 39.0 Å². The fourth-order valence-electron chi connectivity index (χ4n) is 9.83. The van der Waals surface area contributed by atoms with Crippen molar-refractivity contribution in [3.8, 4) is 22.3 Å². The molecule has 0 saturated carbocycles. The highest BCUT2D eigenvalue weighted by molar-refractivity contribution is 6.14. The molecule has 1 aromatic heterocycles. The molecule has 8 aromatic carbocycles. The Labute approximate surface area is 309 Å². The molecule has 9 aromatic rings. The molecule has 0 amide bonds. The van der Waals surface area contributed by atoms with E-state index in [4.69, 9.17) is 4.42 Å². The van der Waals surface area contributed by atoms with Gasteiger partial charge in [-0.15, -0.1) is 0 Å². The molecule has 0 unspecified atom stereocenters. The third-order valence-electron chi connectivity index (χ3n) is 12.5. The first-order chi connectivity index (χ1) is 25.7. The first kappa shape index (κ1) is 30.5. The van der Waals surface area contributed by atoms with Crippen molar-refractivity contribution in [3.63, 3.8) is 0 Å². The Balaban J connectivity index is 1.20. The van der Waals surface area contributed by atoms with E-state index in [1.807, 2.05) is 0 Å². The van der Waals surface area contributed by atoms with E-state index in [0.29, 0.717) is 0 Å². The Hall–Kier alpha value is -6.12. The number of hydrogen-bond acceptors (Lipinski definition) is 2. The molecule has 0 atom stereocenters. The second-order valence-electron chi connectivity index (χ2n) is 16.2. The van der Waals surface area contributed by atoms with E-state index in [9.17, 15) is 0 Å². The highest BCUT2D eigenvalue weighted by atomic mass is 16.3. The van der Waals surface area contributed by atoms with Crippen molar-refractivity contribution in [3.05, 3.63) is 173 Å². The highest BCUT2D eigenvalue weighted by Gasteiger charge is 2.43. The minimum Gasteiger partial charge on any atom is -0.454 e. The lowest BCUT2D eigenvalue weighted by atomic mass is 9.79. The SMILES string of the molecule is Cc1cccc(N(c2cc3c(c4ccccc24)-c2cc4c(cc2C3(C)C)-c2c(ccc3ccccc23)C4(C)C)c2cccc3c2oc2ccccc23)c1. The zero-order valence-corrected chi connectivity index (χ0v) is 30.7. The molecule has 11 rings (SSSR count). The average Bonchev–Trinajstić information content (AvgIpc) is 3.74. The number of furan rings is 1. The molecule has 53 heavy (non-hydrogen) atoms. The molecule has 254 valence electrons. The third kappa shape index (κ3) is 4.04. The van der Waals surface area contributed by atoms with Crippen LogP contribution in [0.3, 0.4) is 0 Å². The van der Waals surface area contributed by atoms with E-state index in [1.165, 1.54) is 71.6 Å². The van der Waals surface area contributed by atoms with Crippen molar-refractivity contribution in [2.45, 2.75) is 45.4 Å². The van der Waals surface area contributed by atoms with Gasteiger partial charge in [-0.1, -0.05) is 131 Å². The Morgan fingerprint density at radius 1 is 0.453 bits per heavy atom. The summed E-state index contributed by atoms with van der Waals surface area (Å²) in [6.07, 6.45) is 0. The van der Waals surface area contributed by atoms with E-state index >= 15 is 0 Å². The highest BCUT2D eigenvalue weighted by Crippen LogP contribution is 2.60. The van der Waals surface area contributed by atoms with Crippen LogP contribution in [0.15, 0.2) is 150 Å². The van der Waals surface area contributed by atoms with Crippen LogP contribution in [0.5, 0.6) is 0 Å². The smallest absolute Gasteiger partial charge is 0.159 e. The van der Waals surface area contributed by atoms with Crippen LogP contribution in [-0.4, -0.2) is 0 Å². The molecule has 2 aliphatic carbocycles. The number of anilines is 3. The molecular weight excluding hydrogens is 643 g/mol. The molecule has 0 aliphatic heterocycles. The lowest BCUT2D eigenvalue weighted by Crippen LogP contribution is -2.18. The van der Waals surface area contributed by atoms with Gasteiger partial charge < -0.3 is 9.32 Å². The molecule has 0 spiro atoms. The maximum atomic E-state index is 6.72. The fraction of sp³-hybridized carbons (Fsp3) is 0.137. The largest absolute Gasteiger partial charge is 0.454 e. The van der Waals surface area contributed by atoms with Crippen molar-refractivity contribution in [2.75, 3.05) is 4.90 Å². The van der Waals surface area contributed by atoms with Gasteiger partial charge in [-0.05, 0) is 116 Å². The molecule has 0 radical (unpaired) electrons. The Morgan fingerprint density at radius 2 is 1.08 bits per heavy atom. The van der Waals surface area contributed by atoms with Gasteiger partial charge in [0.25, 0.3) is 0 Å². The summed E-state index contributed by atoms with van der Waals surface area (Å²) in [6, 6.07) is 53.9. The van der Waals surface area contributed by atoms with Gasteiger partial charge in [0.2, 0.25) is 0 Å². The summed E-state index contributed by atoms with van der Waals surface area (Å²) in [5.74, 6) is 0. The molecule has 0 saturated heterocycles. The van der Waals surface area contributed by atoms with Gasteiger partial charge in [0.1, 0.15) is 5.58 Å². The first-order valence-corrected chi connectivity index (χ1v) is 18.8. The zero-order chi connectivity index (χ0) is 35.8. The number of para-hydroxylation sites is 2. The quantitative estimate of drug-likeness (QED) is 0.185. The molecule has 0 bridgehead atoms. The van der Waals surface area contributed by atoms with Crippen LogP contribution in [0.4, 0.5) is 17.1 Å². The number of benzene rings is 8. The van der Waals surface area contributed by atoms with E-state index < -0.39 is 0 Å². The van der Waals surface area contributed by atoms with Gasteiger partial charge in [0, 0.05) is 32.7 Å². The monoisotopic (exact) mass is 681 g/mol. The minimum atomic E-state index is -0.237. The minimum absolute atomic E-state index is 0.112. The van der Waals surface area contributed by atoms with Gasteiger partial charge in [0.15, 0.2) is 5.58 Å². The third-order valence-corrected chi connectivity index (χ3v) is 12.5. The summed E-state index contributed by atoms with van der Waals surface area (Å²) in [6.45, 7) is 11.8. The predicted molar refractivity (Wildman–Crippen MR) is 223 cm³/mol. The molecule has 2 heteroatoms. The number of nitrogens with zero attached hydrogens (tertiary/aromatic N) is 1. The van der Waals surface area contributed by atoms with Gasteiger partial charge in [-0.3, -0.25) is 0 Å². The van der Waals surface area contributed by atoms with Crippen LogP contribution < -0.4 is 4.90 Å². The second kappa shape index (κ2) is 10.5. The normalized spacial score (nSPS) is 14.8. The van der Waals surface area contributed by atoms with Gasteiger partial charge in [0.05, 0.1) is 11.4 Å². The van der Waals surface area contributed by atoms with Crippen LogP contribution in [0, 0.1) is 6.92 Å². The zero-order valence-electron chi connectivity index (χ0n) is 30.7. The molecule has 1 heterocycles. The van der Waals surface area contributed by atoms with E-state index in [1.54, 1.807) is 0 Å². The summed E-state index contributed by atoms with van der Waals surface area (Å²) in [7, 11) is 0. The summed E-state index contributed by atoms with van der Waals surface area (Å²) in [5.41, 5.74) is 17.0. The van der Waals surface area contributed by atoms with Crippen LogP contribution in [-0.2, 0) is 10.8 Å². The van der Waals surface area contributed by atoms with Crippen molar-refractivity contribution < 1.29 is 4.42 Å². The van der Waals surface area contributed by atoms with Crippen LogP contribution >= 0.6 is 0 Å². The molecule has 2 nitrogen and oxygen atoms in total. The maximum Gasteiger partial charge on any atom is 0.159 e. The fourth-order valence-corrected chi connectivity index (χ4v) is 9.83. The van der Waals surface area contributed by atoms with Crippen LogP contribution in [0.1, 0.15) is 55.5 Å². The number of aryl methyl sites for hydroxylation is 1. The lowest BCUT2D eigenvalue weighted by molar-refractivity contribution is 0.652. The summed E-state index contributed by atoms with van der Waals surface area (Å²) < 4.78 is 6.72. The van der Waals surface area contributed by atoms with Crippen molar-refractivity contribution >= 4 is 60.5 Å². The topological polar surface area (TPSA) is 16.4 Å². The molecule has 0 N–H and O–H groups in total. The van der Waals surface area contributed by atoms with E-state index in [-0.39, 0.29) is 10.8 Å². The van der Waals surface area contributed by atoms with Gasteiger partial charge in [-0.2, -0.15) is 0 Å². The number of fused-ring (bicyclic) bond motifs is 13. The van der Waals surface area contributed by atoms with Gasteiger partial charge in [-0.25, -0.2) is 0 Å². The lowest BCUT2D eigenvalue weighted by Gasteiger charge is -2.30. The molecular formula is C51H39NO.